The van der Waals surface area contributed by atoms with Crippen molar-refractivity contribution in [3.05, 3.63) is 106 Å². The molecule has 150 valence electrons. The number of aryl methyl sites for hydroxylation is 1. The molecule has 0 bridgehead atoms. The number of hydrogen-bond acceptors (Lipinski definition) is 4. The summed E-state index contributed by atoms with van der Waals surface area (Å²) in [7, 11) is 0. The molecule has 0 spiro atoms. The Balaban J connectivity index is 1.58. The molecule has 1 heterocycles. The van der Waals surface area contributed by atoms with Gasteiger partial charge in [0.25, 0.3) is 0 Å². The van der Waals surface area contributed by atoms with E-state index in [2.05, 4.69) is 4.99 Å². The molecular formula is C24H17ClFNO3. The van der Waals surface area contributed by atoms with Gasteiger partial charge in [-0.3, -0.25) is 0 Å². The zero-order valence-corrected chi connectivity index (χ0v) is 16.8. The van der Waals surface area contributed by atoms with Crippen molar-refractivity contribution >= 4 is 29.5 Å². The Kier molecular flexibility index (Phi) is 5.63. The lowest BCUT2D eigenvalue weighted by Crippen LogP contribution is -2.05. The minimum absolute atomic E-state index is 0.166. The highest BCUT2D eigenvalue weighted by Gasteiger charge is 2.25. The summed E-state index contributed by atoms with van der Waals surface area (Å²) in [5, 5.41) is 0.572. The molecule has 3 aromatic carbocycles. The molecule has 0 saturated carbocycles. The van der Waals surface area contributed by atoms with Gasteiger partial charge in [-0.2, -0.15) is 0 Å². The molecule has 0 aromatic heterocycles. The third-order valence-corrected chi connectivity index (χ3v) is 4.97. The highest BCUT2D eigenvalue weighted by atomic mass is 35.5. The van der Waals surface area contributed by atoms with Gasteiger partial charge in [0.2, 0.25) is 5.90 Å². The highest BCUT2D eigenvalue weighted by Crippen LogP contribution is 2.26. The van der Waals surface area contributed by atoms with Gasteiger partial charge < -0.3 is 9.47 Å². The lowest BCUT2D eigenvalue weighted by Gasteiger charge is -2.09. The van der Waals surface area contributed by atoms with Crippen molar-refractivity contribution in [3.63, 3.8) is 0 Å². The zero-order chi connectivity index (χ0) is 21.1. The SMILES string of the molecule is Cc1ccc(C2=N/C(=C\c3ccccc3OCc3ccc(F)cc3)C(=O)O2)cc1Cl. The number of cyclic esters (lactones) is 1. The topological polar surface area (TPSA) is 47.9 Å². The Morgan fingerprint density at radius 1 is 1.10 bits per heavy atom. The van der Waals surface area contributed by atoms with E-state index in [4.69, 9.17) is 21.1 Å². The van der Waals surface area contributed by atoms with Crippen molar-refractivity contribution in [1.82, 2.24) is 0 Å². The fourth-order valence-corrected chi connectivity index (χ4v) is 3.06. The fraction of sp³-hybridized carbons (Fsp3) is 0.0833. The van der Waals surface area contributed by atoms with Crippen LogP contribution in [0.5, 0.6) is 5.75 Å². The number of halogens is 2. The number of benzene rings is 3. The van der Waals surface area contributed by atoms with Crippen molar-refractivity contribution in [2.24, 2.45) is 4.99 Å². The smallest absolute Gasteiger partial charge is 0.363 e. The molecule has 1 aliphatic heterocycles. The van der Waals surface area contributed by atoms with E-state index in [0.717, 1.165) is 11.1 Å². The Labute approximate surface area is 178 Å². The number of rotatable bonds is 5. The van der Waals surface area contributed by atoms with Crippen molar-refractivity contribution in [3.8, 4) is 5.75 Å². The minimum Gasteiger partial charge on any atom is -0.488 e. The number of hydrogen-bond donors (Lipinski definition) is 0. The molecule has 0 amide bonds. The maximum Gasteiger partial charge on any atom is 0.363 e. The summed E-state index contributed by atoms with van der Waals surface area (Å²) < 4.78 is 24.2. The van der Waals surface area contributed by atoms with Crippen LogP contribution in [0, 0.1) is 12.7 Å². The van der Waals surface area contributed by atoms with E-state index >= 15 is 0 Å². The lowest BCUT2D eigenvalue weighted by atomic mass is 10.1. The molecule has 0 aliphatic carbocycles. The molecule has 30 heavy (non-hydrogen) atoms. The highest BCUT2D eigenvalue weighted by molar-refractivity contribution is 6.31. The van der Waals surface area contributed by atoms with Gasteiger partial charge in [-0.15, -0.1) is 0 Å². The zero-order valence-electron chi connectivity index (χ0n) is 16.1. The summed E-state index contributed by atoms with van der Waals surface area (Å²) in [6.45, 7) is 2.16. The van der Waals surface area contributed by atoms with E-state index in [1.54, 1.807) is 36.4 Å². The predicted molar refractivity (Wildman–Crippen MR) is 114 cm³/mol. The van der Waals surface area contributed by atoms with E-state index < -0.39 is 5.97 Å². The summed E-state index contributed by atoms with van der Waals surface area (Å²) in [4.78, 5) is 16.6. The molecule has 3 aromatic rings. The molecule has 6 heteroatoms. The summed E-state index contributed by atoms with van der Waals surface area (Å²) in [6.07, 6.45) is 1.62. The number of esters is 1. The van der Waals surface area contributed by atoms with E-state index in [1.807, 2.05) is 31.2 Å². The van der Waals surface area contributed by atoms with E-state index in [9.17, 15) is 9.18 Å². The van der Waals surface area contributed by atoms with Gasteiger partial charge in [-0.25, -0.2) is 14.2 Å². The van der Waals surface area contributed by atoms with Gasteiger partial charge in [0.1, 0.15) is 18.2 Å². The Morgan fingerprint density at radius 2 is 1.87 bits per heavy atom. The van der Waals surface area contributed by atoms with Crippen molar-refractivity contribution < 1.29 is 18.7 Å². The first-order valence-electron chi connectivity index (χ1n) is 9.25. The second-order valence-electron chi connectivity index (χ2n) is 6.75. The van der Waals surface area contributed by atoms with Gasteiger partial charge in [-0.1, -0.05) is 48.0 Å². The normalized spacial score (nSPS) is 14.6. The van der Waals surface area contributed by atoms with Crippen LogP contribution in [0.25, 0.3) is 6.08 Å². The standard InChI is InChI=1S/C24H17ClFNO3/c1-15-6-9-18(12-20(15)25)23-27-21(24(28)30-23)13-17-4-2-3-5-22(17)29-14-16-7-10-19(26)11-8-16/h2-13H,14H2,1H3/b21-13-. The van der Waals surface area contributed by atoms with E-state index in [1.165, 1.54) is 12.1 Å². The van der Waals surface area contributed by atoms with Gasteiger partial charge in [0.05, 0.1) is 0 Å². The van der Waals surface area contributed by atoms with Crippen LogP contribution in [-0.2, 0) is 16.1 Å². The van der Waals surface area contributed by atoms with Crippen LogP contribution < -0.4 is 4.74 Å². The number of aliphatic imine (C=N–C) groups is 1. The molecule has 0 saturated heterocycles. The molecule has 4 nitrogen and oxygen atoms in total. The van der Waals surface area contributed by atoms with E-state index in [0.29, 0.717) is 21.9 Å². The second kappa shape index (κ2) is 8.51. The van der Waals surface area contributed by atoms with Crippen molar-refractivity contribution in [2.75, 3.05) is 0 Å². The number of carbonyl (C=O) groups excluding carboxylic acids is 1. The molecule has 0 N–H and O–H groups in total. The van der Waals surface area contributed by atoms with Crippen LogP contribution >= 0.6 is 11.6 Å². The van der Waals surface area contributed by atoms with Crippen LogP contribution in [0.1, 0.15) is 22.3 Å². The van der Waals surface area contributed by atoms with Crippen LogP contribution in [0.4, 0.5) is 4.39 Å². The van der Waals surface area contributed by atoms with Crippen LogP contribution in [0.15, 0.2) is 77.4 Å². The number of carbonyl (C=O) groups is 1. The average Bonchev–Trinajstić information content (AvgIpc) is 3.11. The summed E-state index contributed by atoms with van der Waals surface area (Å²) in [5.41, 5.74) is 3.23. The van der Waals surface area contributed by atoms with Gasteiger partial charge in [-0.05, 0) is 54.5 Å². The molecule has 0 atom stereocenters. The summed E-state index contributed by atoms with van der Waals surface area (Å²) in [6, 6.07) is 18.7. The largest absolute Gasteiger partial charge is 0.488 e. The molecule has 1 aliphatic rings. The number of nitrogens with zero attached hydrogens (tertiary/aromatic N) is 1. The fourth-order valence-electron chi connectivity index (χ4n) is 2.88. The number of ether oxygens (including phenoxy) is 2. The molecule has 0 fully saturated rings. The van der Waals surface area contributed by atoms with Crippen molar-refractivity contribution in [1.29, 1.82) is 0 Å². The molecule has 0 unspecified atom stereocenters. The first kappa shape index (κ1) is 19.9. The third-order valence-electron chi connectivity index (χ3n) is 4.56. The Morgan fingerprint density at radius 3 is 2.63 bits per heavy atom. The monoisotopic (exact) mass is 421 g/mol. The molecule has 0 radical (unpaired) electrons. The summed E-state index contributed by atoms with van der Waals surface area (Å²) in [5.74, 6) is -0.0655. The maximum atomic E-state index is 13.1. The number of para-hydroxylation sites is 1. The van der Waals surface area contributed by atoms with Crippen LogP contribution in [0.3, 0.4) is 0 Å². The second-order valence-corrected chi connectivity index (χ2v) is 7.16. The van der Waals surface area contributed by atoms with Crippen LogP contribution in [-0.4, -0.2) is 11.9 Å². The first-order chi connectivity index (χ1) is 14.5. The van der Waals surface area contributed by atoms with Crippen molar-refractivity contribution in [2.45, 2.75) is 13.5 Å². The molecule has 4 rings (SSSR count). The Hall–Kier alpha value is -3.44. The van der Waals surface area contributed by atoms with Gasteiger partial charge in [0, 0.05) is 16.1 Å². The van der Waals surface area contributed by atoms with Gasteiger partial charge >= 0.3 is 5.97 Å². The predicted octanol–water partition coefficient (Wildman–Crippen LogP) is 5.71. The maximum absolute atomic E-state index is 13.1. The first-order valence-corrected chi connectivity index (χ1v) is 9.63. The lowest BCUT2D eigenvalue weighted by molar-refractivity contribution is -0.129. The minimum atomic E-state index is -0.546. The van der Waals surface area contributed by atoms with Gasteiger partial charge in [0.15, 0.2) is 5.70 Å². The third kappa shape index (κ3) is 4.42. The average molecular weight is 422 g/mol. The molecular weight excluding hydrogens is 405 g/mol. The summed E-state index contributed by atoms with van der Waals surface area (Å²) >= 11 is 6.16. The van der Waals surface area contributed by atoms with Crippen LogP contribution in [0.2, 0.25) is 5.02 Å². The Bertz CT molecular complexity index is 1170. The quantitative estimate of drug-likeness (QED) is 0.391. The van der Waals surface area contributed by atoms with E-state index in [-0.39, 0.29) is 24.0 Å².